The second kappa shape index (κ2) is 7.10. The van der Waals surface area contributed by atoms with Crippen molar-refractivity contribution in [2.24, 2.45) is 0 Å². The highest BCUT2D eigenvalue weighted by atomic mass is 16.5. The monoisotopic (exact) mass is 369 g/mol. The van der Waals surface area contributed by atoms with E-state index in [9.17, 15) is 9.59 Å². The average Bonchev–Trinajstić information content (AvgIpc) is 3.37. The Kier molecular flexibility index (Phi) is 4.49. The van der Waals surface area contributed by atoms with Crippen molar-refractivity contribution in [2.75, 3.05) is 20.2 Å². The van der Waals surface area contributed by atoms with Gasteiger partial charge in [-0.15, -0.1) is 0 Å². The normalized spacial score (nSPS) is 17.1. The number of aromatic nitrogens is 4. The number of amides is 1. The zero-order chi connectivity index (χ0) is 18.8. The van der Waals surface area contributed by atoms with Gasteiger partial charge in [-0.2, -0.15) is 5.10 Å². The van der Waals surface area contributed by atoms with Gasteiger partial charge in [-0.05, 0) is 37.1 Å². The molecule has 140 valence electrons. The Morgan fingerprint density at radius 2 is 2.15 bits per heavy atom. The summed E-state index contributed by atoms with van der Waals surface area (Å²) in [6.07, 6.45) is 2.95. The molecule has 0 radical (unpaired) electrons. The smallest absolute Gasteiger partial charge is 0.340 e. The van der Waals surface area contributed by atoms with Gasteiger partial charge in [0.2, 0.25) is 0 Å². The summed E-state index contributed by atoms with van der Waals surface area (Å²) < 4.78 is 10.6. The summed E-state index contributed by atoms with van der Waals surface area (Å²) in [5.74, 6) is 1.51. The third kappa shape index (κ3) is 3.35. The van der Waals surface area contributed by atoms with Crippen molar-refractivity contribution in [3.63, 3.8) is 0 Å². The van der Waals surface area contributed by atoms with Crippen LogP contribution in [0.2, 0.25) is 0 Å². The summed E-state index contributed by atoms with van der Waals surface area (Å²) >= 11 is 0. The number of rotatable bonds is 4. The maximum atomic E-state index is 13.0. The minimum atomic E-state index is -0.341. The molecule has 1 aliphatic heterocycles. The van der Waals surface area contributed by atoms with Crippen LogP contribution in [-0.4, -0.2) is 51.2 Å². The Hall–Kier alpha value is -3.36. The van der Waals surface area contributed by atoms with E-state index in [4.69, 9.17) is 9.15 Å². The summed E-state index contributed by atoms with van der Waals surface area (Å²) in [6.45, 7) is 1.09. The van der Waals surface area contributed by atoms with E-state index in [0.29, 0.717) is 24.7 Å². The molecule has 0 bridgehead atoms. The fraction of sp³-hybridized carbons (Fsp3) is 0.333. The van der Waals surface area contributed by atoms with E-state index >= 15 is 0 Å². The molecule has 3 aromatic rings. The van der Waals surface area contributed by atoms with Gasteiger partial charge >= 0.3 is 5.69 Å². The van der Waals surface area contributed by atoms with Crippen LogP contribution in [0.25, 0.3) is 11.3 Å². The third-order valence-corrected chi connectivity index (χ3v) is 4.74. The standard InChI is InChI=1S/C18H19N5O4/c1-26-13-6-4-11(5-7-13)15-14(19-10-27-15)17(24)23-8-2-3-12(9-23)16-20-18(25)22-21-16/h4-7,10,12H,2-3,8-9H2,1H3,(H2,20,21,22,25)/t12-/m0/s1. The van der Waals surface area contributed by atoms with Crippen molar-refractivity contribution in [1.29, 1.82) is 0 Å². The SMILES string of the molecule is COc1ccc(-c2ocnc2C(=O)N2CCC[C@H](c3n[nH]c(=O)[nH]3)C2)cc1. The maximum absolute atomic E-state index is 13.0. The van der Waals surface area contributed by atoms with E-state index in [1.54, 1.807) is 24.1 Å². The lowest BCUT2D eigenvalue weighted by Gasteiger charge is -2.31. The number of nitrogens with zero attached hydrogens (tertiary/aromatic N) is 3. The van der Waals surface area contributed by atoms with Gasteiger partial charge in [0.25, 0.3) is 5.91 Å². The molecule has 1 amide bonds. The number of piperidine rings is 1. The number of hydrogen-bond acceptors (Lipinski definition) is 6. The van der Waals surface area contributed by atoms with Crippen LogP contribution in [0, 0.1) is 0 Å². The van der Waals surface area contributed by atoms with E-state index in [1.807, 2.05) is 12.1 Å². The number of oxazole rings is 1. The lowest BCUT2D eigenvalue weighted by atomic mass is 9.97. The van der Waals surface area contributed by atoms with Crippen LogP contribution in [-0.2, 0) is 0 Å². The van der Waals surface area contributed by atoms with Crippen molar-refractivity contribution in [2.45, 2.75) is 18.8 Å². The third-order valence-electron chi connectivity index (χ3n) is 4.74. The molecule has 9 heteroatoms. The number of benzene rings is 1. The second-order valence-electron chi connectivity index (χ2n) is 6.41. The van der Waals surface area contributed by atoms with Gasteiger partial charge in [-0.25, -0.2) is 14.9 Å². The summed E-state index contributed by atoms with van der Waals surface area (Å²) in [6, 6.07) is 7.25. The first-order chi connectivity index (χ1) is 13.2. The van der Waals surface area contributed by atoms with Crippen LogP contribution in [0.4, 0.5) is 0 Å². The number of carbonyl (C=O) groups is 1. The molecule has 1 fully saturated rings. The summed E-state index contributed by atoms with van der Waals surface area (Å²) in [5.41, 5.74) is 0.685. The molecular formula is C18H19N5O4. The number of methoxy groups -OCH3 is 1. The molecule has 27 heavy (non-hydrogen) atoms. The van der Waals surface area contributed by atoms with E-state index in [1.165, 1.54) is 6.39 Å². The molecule has 9 nitrogen and oxygen atoms in total. The molecule has 1 aliphatic rings. The van der Waals surface area contributed by atoms with Crippen LogP contribution in [0.5, 0.6) is 5.75 Å². The molecule has 3 heterocycles. The summed E-state index contributed by atoms with van der Waals surface area (Å²) in [7, 11) is 1.60. The van der Waals surface area contributed by atoms with Crippen LogP contribution in [0.15, 0.2) is 39.9 Å². The molecule has 2 aromatic heterocycles. The van der Waals surface area contributed by atoms with E-state index < -0.39 is 0 Å². The minimum Gasteiger partial charge on any atom is -0.497 e. The molecule has 0 saturated carbocycles. The number of ether oxygens (including phenoxy) is 1. The molecule has 1 aromatic carbocycles. The Labute approximate surface area is 154 Å². The lowest BCUT2D eigenvalue weighted by molar-refractivity contribution is 0.0699. The molecule has 4 rings (SSSR count). The Balaban J connectivity index is 1.56. The zero-order valence-corrected chi connectivity index (χ0v) is 14.8. The van der Waals surface area contributed by atoms with Gasteiger partial charge in [0.15, 0.2) is 17.8 Å². The number of aromatic amines is 2. The van der Waals surface area contributed by atoms with Gasteiger partial charge in [-0.1, -0.05) is 0 Å². The average molecular weight is 369 g/mol. The highest BCUT2D eigenvalue weighted by molar-refractivity contribution is 5.97. The highest BCUT2D eigenvalue weighted by Gasteiger charge is 2.30. The van der Waals surface area contributed by atoms with Crippen molar-refractivity contribution < 1.29 is 13.9 Å². The van der Waals surface area contributed by atoms with Crippen LogP contribution >= 0.6 is 0 Å². The van der Waals surface area contributed by atoms with Crippen molar-refractivity contribution >= 4 is 5.91 Å². The summed E-state index contributed by atoms with van der Waals surface area (Å²) in [5, 5.41) is 6.38. The molecule has 1 atom stereocenters. The molecule has 0 unspecified atom stereocenters. The first-order valence-electron chi connectivity index (χ1n) is 8.67. The van der Waals surface area contributed by atoms with Gasteiger partial charge in [-0.3, -0.25) is 9.78 Å². The molecule has 1 saturated heterocycles. The first kappa shape index (κ1) is 17.1. The van der Waals surface area contributed by atoms with Crippen LogP contribution in [0.3, 0.4) is 0 Å². The number of H-pyrrole nitrogens is 2. The predicted octanol–water partition coefficient (Wildman–Crippen LogP) is 1.78. The number of carbonyl (C=O) groups excluding carboxylic acids is 1. The van der Waals surface area contributed by atoms with Gasteiger partial charge in [0.05, 0.1) is 7.11 Å². The molecule has 0 aliphatic carbocycles. The lowest BCUT2D eigenvalue weighted by Crippen LogP contribution is -2.39. The maximum Gasteiger partial charge on any atom is 0.340 e. The molecule has 2 N–H and O–H groups in total. The predicted molar refractivity (Wildman–Crippen MR) is 95.6 cm³/mol. The van der Waals surface area contributed by atoms with Gasteiger partial charge < -0.3 is 14.1 Å². The molecule has 0 spiro atoms. The Morgan fingerprint density at radius 1 is 1.33 bits per heavy atom. The van der Waals surface area contributed by atoms with E-state index in [-0.39, 0.29) is 23.2 Å². The van der Waals surface area contributed by atoms with Crippen molar-refractivity contribution in [1.82, 2.24) is 25.1 Å². The number of likely N-dealkylation sites (tertiary alicyclic amines) is 1. The Morgan fingerprint density at radius 3 is 2.85 bits per heavy atom. The van der Waals surface area contributed by atoms with Gasteiger partial charge in [0.1, 0.15) is 11.6 Å². The Bertz CT molecular complexity index is 988. The van der Waals surface area contributed by atoms with Crippen molar-refractivity contribution in [3.05, 3.63) is 52.7 Å². The zero-order valence-electron chi connectivity index (χ0n) is 14.8. The topological polar surface area (TPSA) is 117 Å². The number of hydrogen-bond donors (Lipinski definition) is 2. The summed E-state index contributed by atoms with van der Waals surface area (Å²) in [4.78, 5) is 32.9. The van der Waals surface area contributed by atoms with Crippen LogP contribution in [0.1, 0.15) is 35.1 Å². The molecular weight excluding hydrogens is 350 g/mol. The fourth-order valence-corrected chi connectivity index (χ4v) is 3.36. The number of nitrogens with one attached hydrogen (secondary N) is 2. The fourth-order valence-electron chi connectivity index (χ4n) is 3.36. The van der Waals surface area contributed by atoms with Crippen molar-refractivity contribution in [3.8, 4) is 17.1 Å². The van der Waals surface area contributed by atoms with E-state index in [0.717, 1.165) is 24.2 Å². The second-order valence-corrected chi connectivity index (χ2v) is 6.41. The van der Waals surface area contributed by atoms with E-state index in [2.05, 4.69) is 20.2 Å². The quantitative estimate of drug-likeness (QED) is 0.724. The van der Waals surface area contributed by atoms with Gasteiger partial charge in [0, 0.05) is 24.6 Å². The largest absolute Gasteiger partial charge is 0.497 e. The highest BCUT2D eigenvalue weighted by Crippen LogP contribution is 2.29. The minimum absolute atomic E-state index is 0.0158. The van der Waals surface area contributed by atoms with Crippen LogP contribution < -0.4 is 10.4 Å². The first-order valence-corrected chi connectivity index (χ1v) is 8.67.